The van der Waals surface area contributed by atoms with Gasteiger partial charge in [-0.2, -0.15) is 8.42 Å². The molecule has 0 aromatic heterocycles. The molecule has 0 saturated carbocycles. The number of benzene rings is 1. The number of hydrogen-bond donors (Lipinski definition) is 1. The molecule has 0 fully saturated rings. The highest BCUT2D eigenvalue weighted by Gasteiger charge is 2.23. The second-order valence-corrected chi connectivity index (χ2v) is 4.88. The largest absolute Gasteiger partial charge is 0.377 e. The number of carbonyl (C=O) groups is 2. The summed E-state index contributed by atoms with van der Waals surface area (Å²) in [5.41, 5.74) is -0.285. The van der Waals surface area contributed by atoms with Crippen LogP contribution in [0, 0.1) is 0 Å². The van der Waals surface area contributed by atoms with E-state index in [1.807, 2.05) is 0 Å². The van der Waals surface area contributed by atoms with Crippen molar-refractivity contribution in [1.29, 1.82) is 0 Å². The van der Waals surface area contributed by atoms with Gasteiger partial charge < -0.3 is 4.90 Å². The Balaban J connectivity index is 3.81. The quantitative estimate of drug-likeness (QED) is 0.628. The Morgan fingerprint density at radius 2 is 1.76 bits per heavy atom. The molecule has 1 aromatic rings. The van der Waals surface area contributed by atoms with Gasteiger partial charge in [-0.05, 0) is 12.1 Å². The molecule has 1 rings (SSSR count). The van der Waals surface area contributed by atoms with Gasteiger partial charge in [0.1, 0.15) is 4.90 Å². The van der Waals surface area contributed by atoms with Crippen LogP contribution < -0.4 is 4.90 Å². The van der Waals surface area contributed by atoms with E-state index in [1.165, 1.54) is 17.0 Å². The molecule has 0 aliphatic heterocycles. The first-order valence-electron chi connectivity index (χ1n) is 4.55. The van der Waals surface area contributed by atoms with Gasteiger partial charge in [-0.1, -0.05) is 0 Å². The van der Waals surface area contributed by atoms with E-state index in [0.29, 0.717) is 6.29 Å². The fourth-order valence-electron chi connectivity index (χ4n) is 1.45. The first kappa shape index (κ1) is 13.3. The molecule has 0 saturated heterocycles. The van der Waals surface area contributed by atoms with Crippen LogP contribution in [0.1, 0.15) is 20.7 Å². The van der Waals surface area contributed by atoms with Crippen LogP contribution in [0.2, 0.25) is 0 Å². The first-order chi connectivity index (χ1) is 7.82. The Labute approximate surface area is 98.6 Å². The average molecular weight is 257 g/mol. The maximum Gasteiger partial charge on any atom is 0.297 e. The number of aldehydes is 2. The van der Waals surface area contributed by atoms with Gasteiger partial charge in [-0.3, -0.25) is 14.1 Å². The molecule has 0 radical (unpaired) electrons. The van der Waals surface area contributed by atoms with Gasteiger partial charge in [-0.25, -0.2) is 0 Å². The summed E-state index contributed by atoms with van der Waals surface area (Å²) in [5.74, 6) is 0. The summed E-state index contributed by atoms with van der Waals surface area (Å²) >= 11 is 0. The van der Waals surface area contributed by atoms with Crippen molar-refractivity contribution >= 4 is 28.4 Å². The molecule has 7 heteroatoms. The molecule has 0 amide bonds. The van der Waals surface area contributed by atoms with Gasteiger partial charge in [0.05, 0.1) is 5.69 Å². The predicted molar refractivity (Wildman–Crippen MR) is 61.4 cm³/mol. The van der Waals surface area contributed by atoms with E-state index in [4.69, 9.17) is 4.55 Å². The monoisotopic (exact) mass is 257 g/mol. The van der Waals surface area contributed by atoms with E-state index in [2.05, 4.69) is 0 Å². The zero-order valence-corrected chi connectivity index (χ0v) is 10.1. The van der Waals surface area contributed by atoms with Crippen LogP contribution in [0.5, 0.6) is 0 Å². The second kappa shape index (κ2) is 4.64. The smallest absolute Gasteiger partial charge is 0.297 e. The molecule has 0 atom stereocenters. The van der Waals surface area contributed by atoms with Gasteiger partial charge in [0.25, 0.3) is 10.1 Å². The van der Waals surface area contributed by atoms with Crippen LogP contribution in [0.3, 0.4) is 0 Å². The van der Waals surface area contributed by atoms with Crippen molar-refractivity contribution in [2.75, 3.05) is 19.0 Å². The Bertz CT molecular complexity index is 562. The maximum absolute atomic E-state index is 11.3. The number of carbonyl (C=O) groups excluding carboxylic acids is 2. The summed E-state index contributed by atoms with van der Waals surface area (Å²) < 4.78 is 31.6. The Kier molecular flexibility index (Phi) is 3.64. The molecule has 0 spiro atoms. The van der Waals surface area contributed by atoms with Crippen LogP contribution in [0.4, 0.5) is 5.69 Å². The molecular weight excluding hydrogens is 246 g/mol. The molecule has 17 heavy (non-hydrogen) atoms. The molecule has 0 heterocycles. The second-order valence-electron chi connectivity index (χ2n) is 3.52. The van der Waals surface area contributed by atoms with Crippen LogP contribution in [0.25, 0.3) is 0 Å². The van der Waals surface area contributed by atoms with Crippen LogP contribution >= 0.6 is 0 Å². The zero-order chi connectivity index (χ0) is 13.2. The minimum atomic E-state index is -4.59. The lowest BCUT2D eigenvalue weighted by atomic mass is 10.1. The summed E-state index contributed by atoms with van der Waals surface area (Å²) in [5, 5.41) is 0. The zero-order valence-electron chi connectivity index (χ0n) is 9.25. The highest BCUT2D eigenvalue weighted by Crippen LogP contribution is 2.28. The minimum Gasteiger partial charge on any atom is -0.377 e. The minimum absolute atomic E-state index is 0.0850. The lowest BCUT2D eigenvalue weighted by molar-refractivity contribution is 0.109. The summed E-state index contributed by atoms with van der Waals surface area (Å²) in [6.45, 7) is 0. The van der Waals surface area contributed by atoms with Crippen molar-refractivity contribution in [3.05, 3.63) is 23.3 Å². The molecule has 92 valence electrons. The van der Waals surface area contributed by atoms with Crippen molar-refractivity contribution in [3.8, 4) is 0 Å². The van der Waals surface area contributed by atoms with Crippen molar-refractivity contribution in [2.45, 2.75) is 4.90 Å². The Morgan fingerprint density at radius 1 is 1.18 bits per heavy atom. The molecular formula is C10H11NO5S. The highest BCUT2D eigenvalue weighted by atomic mass is 32.2. The third-order valence-electron chi connectivity index (χ3n) is 2.19. The van der Waals surface area contributed by atoms with Gasteiger partial charge in [-0.15, -0.1) is 0 Å². The van der Waals surface area contributed by atoms with Gasteiger partial charge >= 0.3 is 0 Å². The van der Waals surface area contributed by atoms with Gasteiger partial charge in [0.2, 0.25) is 0 Å². The highest BCUT2D eigenvalue weighted by molar-refractivity contribution is 7.86. The lowest BCUT2D eigenvalue weighted by Gasteiger charge is -2.17. The predicted octanol–water partition coefficient (Wildman–Crippen LogP) is 0.624. The summed E-state index contributed by atoms with van der Waals surface area (Å²) in [7, 11) is -1.48. The maximum atomic E-state index is 11.3. The number of hydrogen-bond acceptors (Lipinski definition) is 5. The van der Waals surface area contributed by atoms with Crippen molar-refractivity contribution in [1.82, 2.24) is 0 Å². The van der Waals surface area contributed by atoms with Crippen LogP contribution in [-0.4, -0.2) is 39.6 Å². The molecule has 6 nitrogen and oxygen atoms in total. The normalized spacial score (nSPS) is 11.0. The molecule has 0 bridgehead atoms. The molecule has 0 aliphatic carbocycles. The molecule has 1 aromatic carbocycles. The van der Waals surface area contributed by atoms with Crippen molar-refractivity contribution in [3.63, 3.8) is 0 Å². The van der Waals surface area contributed by atoms with E-state index in [-0.39, 0.29) is 23.1 Å². The van der Waals surface area contributed by atoms with E-state index < -0.39 is 15.0 Å². The number of nitrogens with zero attached hydrogens (tertiary/aromatic N) is 1. The van der Waals surface area contributed by atoms with E-state index in [0.717, 1.165) is 0 Å². The fraction of sp³-hybridized carbons (Fsp3) is 0.200. The van der Waals surface area contributed by atoms with E-state index >= 15 is 0 Å². The summed E-state index contributed by atoms with van der Waals surface area (Å²) in [6, 6.07) is 2.67. The van der Waals surface area contributed by atoms with Crippen LogP contribution in [0.15, 0.2) is 17.0 Å². The number of rotatable bonds is 4. The van der Waals surface area contributed by atoms with E-state index in [9.17, 15) is 18.0 Å². The molecule has 0 aliphatic rings. The summed E-state index contributed by atoms with van der Waals surface area (Å²) in [6.07, 6.45) is 0.595. The van der Waals surface area contributed by atoms with Crippen molar-refractivity contribution < 1.29 is 22.6 Å². The van der Waals surface area contributed by atoms with Gasteiger partial charge in [0, 0.05) is 25.2 Å². The molecule has 0 unspecified atom stereocenters. The average Bonchev–Trinajstić information content (AvgIpc) is 2.25. The lowest BCUT2D eigenvalue weighted by Crippen LogP contribution is -2.16. The van der Waals surface area contributed by atoms with Gasteiger partial charge in [0.15, 0.2) is 12.6 Å². The number of anilines is 1. The molecule has 1 N–H and O–H groups in total. The Morgan fingerprint density at radius 3 is 2.12 bits per heavy atom. The van der Waals surface area contributed by atoms with E-state index in [1.54, 1.807) is 14.1 Å². The SMILES string of the molecule is CN(C)c1ccc(C=O)c(C=O)c1S(=O)(=O)O. The topological polar surface area (TPSA) is 91.8 Å². The van der Waals surface area contributed by atoms with Crippen molar-refractivity contribution in [2.24, 2.45) is 0 Å². The summed E-state index contributed by atoms with van der Waals surface area (Å²) in [4.78, 5) is 22.4. The Hall–Kier alpha value is -1.73. The van der Waals surface area contributed by atoms with Crippen LogP contribution in [-0.2, 0) is 10.1 Å². The third-order valence-corrected chi connectivity index (χ3v) is 3.14. The first-order valence-corrected chi connectivity index (χ1v) is 5.99. The fourth-order valence-corrected chi connectivity index (χ4v) is 2.41. The third kappa shape index (κ3) is 2.51. The standard InChI is InChI=1S/C10H11NO5S/c1-11(2)9-4-3-7(5-12)8(6-13)10(9)17(14,15)16/h3-6H,1-2H3,(H,14,15,16).